The molecule has 0 spiro atoms. The van der Waals surface area contributed by atoms with Crippen LogP contribution < -0.4 is 10.5 Å². The number of nitrogens with two attached hydrogens (primary N) is 1. The van der Waals surface area contributed by atoms with Crippen LogP contribution in [-0.2, 0) is 19.6 Å². The normalized spacial score (nSPS) is 12.3. The van der Waals surface area contributed by atoms with Crippen LogP contribution in [0.4, 0.5) is 5.69 Å². The van der Waals surface area contributed by atoms with E-state index in [1.54, 1.807) is 25.1 Å². The van der Waals surface area contributed by atoms with E-state index in [4.69, 9.17) is 10.5 Å². The van der Waals surface area contributed by atoms with Gasteiger partial charge in [0.05, 0.1) is 10.5 Å². The van der Waals surface area contributed by atoms with Gasteiger partial charge in [0.15, 0.2) is 6.10 Å². The molecule has 1 atom stereocenters. The summed E-state index contributed by atoms with van der Waals surface area (Å²) >= 11 is 0. The highest BCUT2D eigenvalue weighted by Gasteiger charge is 2.21. The molecular weight excluding hydrogens is 356 g/mol. The number of nitrogens with one attached hydrogen (secondary N) is 1. The first kappa shape index (κ1) is 19.5. The summed E-state index contributed by atoms with van der Waals surface area (Å²) in [4.78, 5) is 23.2. The van der Waals surface area contributed by atoms with Gasteiger partial charge in [-0.3, -0.25) is 9.52 Å². The lowest BCUT2D eigenvalue weighted by Crippen LogP contribution is -2.30. The highest BCUT2D eigenvalue weighted by atomic mass is 32.2. The van der Waals surface area contributed by atoms with Crippen LogP contribution in [0.1, 0.15) is 28.4 Å². The maximum absolute atomic E-state index is 12.6. The van der Waals surface area contributed by atoms with Gasteiger partial charge in [-0.15, -0.1) is 0 Å². The lowest BCUT2D eigenvalue weighted by Gasteiger charge is -2.13. The molecule has 26 heavy (non-hydrogen) atoms. The fourth-order valence-corrected chi connectivity index (χ4v) is 3.27. The molecule has 0 aliphatic heterocycles. The number of aryl methyl sites for hydroxylation is 2. The number of amides is 1. The van der Waals surface area contributed by atoms with Gasteiger partial charge < -0.3 is 10.5 Å². The second kappa shape index (κ2) is 7.57. The van der Waals surface area contributed by atoms with Crippen molar-refractivity contribution in [2.45, 2.75) is 31.8 Å². The summed E-state index contributed by atoms with van der Waals surface area (Å²) in [5, 5.41) is 0. The largest absolute Gasteiger partial charge is 0.449 e. The zero-order chi connectivity index (χ0) is 19.5. The Morgan fingerprint density at radius 3 is 2.42 bits per heavy atom. The van der Waals surface area contributed by atoms with E-state index in [9.17, 15) is 18.0 Å². The van der Waals surface area contributed by atoms with Gasteiger partial charge in [0.1, 0.15) is 0 Å². The average molecular weight is 376 g/mol. The SMILES string of the molecule is Cc1cccc(NS(=O)(=O)c2ccc(C)c(C(=O)O[C@@H](C)C(N)=O)c2)c1. The summed E-state index contributed by atoms with van der Waals surface area (Å²) < 4.78 is 32.6. The smallest absolute Gasteiger partial charge is 0.339 e. The Kier molecular flexibility index (Phi) is 5.66. The van der Waals surface area contributed by atoms with Gasteiger partial charge in [-0.05, 0) is 56.2 Å². The number of primary amides is 1. The molecule has 0 radical (unpaired) electrons. The lowest BCUT2D eigenvalue weighted by atomic mass is 10.1. The van der Waals surface area contributed by atoms with Crippen molar-refractivity contribution < 1.29 is 22.7 Å². The lowest BCUT2D eigenvalue weighted by molar-refractivity contribution is -0.125. The molecule has 8 heteroatoms. The average Bonchev–Trinajstić information content (AvgIpc) is 2.54. The predicted molar refractivity (Wildman–Crippen MR) is 97.2 cm³/mol. The van der Waals surface area contributed by atoms with Crippen LogP contribution in [0.3, 0.4) is 0 Å². The van der Waals surface area contributed by atoms with E-state index in [2.05, 4.69) is 4.72 Å². The Morgan fingerprint density at radius 2 is 1.81 bits per heavy atom. The summed E-state index contributed by atoms with van der Waals surface area (Å²) in [7, 11) is -3.90. The molecule has 0 bridgehead atoms. The molecule has 2 aromatic carbocycles. The standard InChI is InChI=1S/C18H20N2O5S/c1-11-5-4-6-14(9-11)20-26(23,24)15-8-7-12(2)16(10-15)18(22)25-13(3)17(19)21/h4-10,13,20H,1-3H3,(H2,19,21)/t13-/m0/s1. The molecule has 0 saturated carbocycles. The van der Waals surface area contributed by atoms with Crippen molar-refractivity contribution in [3.8, 4) is 0 Å². The van der Waals surface area contributed by atoms with Gasteiger partial charge in [-0.2, -0.15) is 0 Å². The van der Waals surface area contributed by atoms with E-state index in [0.29, 0.717) is 11.3 Å². The number of rotatable bonds is 6. The van der Waals surface area contributed by atoms with Gasteiger partial charge >= 0.3 is 5.97 Å². The van der Waals surface area contributed by atoms with Gasteiger partial charge in [-0.25, -0.2) is 13.2 Å². The van der Waals surface area contributed by atoms with Crippen molar-refractivity contribution in [1.29, 1.82) is 0 Å². The van der Waals surface area contributed by atoms with Crippen LogP contribution in [0.2, 0.25) is 0 Å². The molecule has 2 aromatic rings. The van der Waals surface area contributed by atoms with E-state index in [-0.39, 0.29) is 10.5 Å². The van der Waals surface area contributed by atoms with Gasteiger partial charge in [0.2, 0.25) is 0 Å². The molecule has 0 aliphatic carbocycles. The fraction of sp³-hybridized carbons (Fsp3) is 0.222. The second-order valence-corrected chi connectivity index (χ2v) is 7.58. The van der Waals surface area contributed by atoms with E-state index in [0.717, 1.165) is 5.56 Å². The summed E-state index contributed by atoms with van der Waals surface area (Å²) in [5.41, 5.74) is 6.95. The number of ether oxygens (including phenoxy) is 1. The van der Waals surface area contributed by atoms with Crippen molar-refractivity contribution in [3.05, 3.63) is 59.2 Å². The van der Waals surface area contributed by atoms with E-state index >= 15 is 0 Å². The molecule has 138 valence electrons. The molecule has 3 N–H and O–H groups in total. The fourth-order valence-electron chi connectivity index (χ4n) is 2.19. The summed E-state index contributed by atoms with van der Waals surface area (Å²) in [6, 6.07) is 11.0. The molecule has 0 fully saturated rings. The third kappa shape index (κ3) is 4.60. The third-order valence-electron chi connectivity index (χ3n) is 3.69. The summed E-state index contributed by atoms with van der Waals surface area (Å²) in [6.07, 6.45) is -1.12. The van der Waals surface area contributed by atoms with Crippen molar-refractivity contribution >= 4 is 27.6 Å². The Morgan fingerprint density at radius 1 is 1.12 bits per heavy atom. The Hall–Kier alpha value is -2.87. The highest BCUT2D eigenvalue weighted by molar-refractivity contribution is 7.92. The maximum Gasteiger partial charge on any atom is 0.339 e. The minimum Gasteiger partial charge on any atom is -0.449 e. The van der Waals surface area contributed by atoms with Crippen LogP contribution in [0.25, 0.3) is 0 Å². The Bertz CT molecular complexity index is 954. The molecule has 0 aromatic heterocycles. The third-order valence-corrected chi connectivity index (χ3v) is 5.07. The van der Waals surface area contributed by atoms with Crippen molar-refractivity contribution in [1.82, 2.24) is 0 Å². The summed E-state index contributed by atoms with van der Waals surface area (Å²) in [5.74, 6) is -1.61. The van der Waals surface area contributed by atoms with Crippen molar-refractivity contribution in [2.24, 2.45) is 5.73 Å². The second-order valence-electron chi connectivity index (χ2n) is 5.90. The van der Waals surface area contributed by atoms with Crippen LogP contribution in [0, 0.1) is 13.8 Å². The quantitative estimate of drug-likeness (QED) is 0.749. The Balaban J connectivity index is 2.33. The van der Waals surface area contributed by atoms with Crippen LogP contribution >= 0.6 is 0 Å². The van der Waals surface area contributed by atoms with Gasteiger partial charge in [0.25, 0.3) is 15.9 Å². The monoisotopic (exact) mass is 376 g/mol. The van der Waals surface area contributed by atoms with Gasteiger partial charge in [-0.1, -0.05) is 18.2 Å². The number of carbonyl (C=O) groups excluding carboxylic acids is 2. The number of benzene rings is 2. The van der Waals surface area contributed by atoms with Crippen molar-refractivity contribution in [2.75, 3.05) is 4.72 Å². The van der Waals surface area contributed by atoms with Crippen molar-refractivity contribution in [3.63, 3.8) is 0 Å². The molecule has 2 rings (SSSR count). The molecule has 1 amide bonds. The number of hydrogen-bond donors (Lipinski definition) is 2. The minimum absolute atomic E-state index is 0.0465. The van der Waals surface area contributed by atoms with Crippen LogP contribution in [-0.4, -0.2) is 26.4 Å². The van der Waals surface area contributed by atoms with Crippen LogP contribution in [0.15, 0.2) is 47.4 Å². The number of esters is 1. The first-order valence-corrected chi connectivity index (χ1v) is 9.29. The minimum atomic E-state index is -3.90. The molecule has 7 nitrogen and oxygen atoms in total. The molecular formula is C18H20N2O5S. The number of anilines is 1. The van der Waals surface area contributed by atoms with E-state index in [1.165, 1.54) is 25.1 Å². The van der Waals surface area contributed by atoms with Gasteiger partial charge in [0, 0.05) is 5.69 Å². The highest BCUT2D eigenvalue weighted by Crippen LogP contribution is 2.21. The molecule has 0 unspecified atom stereocenters. The number of hydrogen-bond acceptors (Lipinski definition) is 5. The first-order chi connectivity index (χ1) is 12.1. The maximum atomic E-state index is 12.6. The molecule has 0 heterocycles. The predicted octanol–water partition coefficient (Wildman–Crippen LogP) is 2.13. The molecule has 0 aliphatic rings. The summed E-state index contributed by atoms with van der Waals surface area (Å²) in [6.45, 7) is 4.82. The Labute approximate surface area is 152 Å². The zero-order valence-electron chi connectivity index (χ0n) is 14.6. The number of carbonyl (C=O) groups is 2. The topological polar surface area (TPSA) is 116 Å². The zero-order valence-corrected chi connectivity index (χ0v) is 15.5. The number of sulfonamides is 1. The first-order valence-electron chi connectivity index (χ1n) is 7.80. The van der Waals surface area contributed by atoms with E-state index < -0.39 is 28.0 Å². The molecule has 0 saturated heterocycles. The van der Waals surface area contributed by atoms with E-state index in [1.807, 2.05) is 13.0 Å². The van der Waals surface area contributed by atoms with Crippen LogP contribution in [0.5, 0.6) is 0 Å².